The third-order valence-electron chi connectivity index (χ3n) is 22.3. The number of aromatic amines is 1. The minimum absolute atomic E-state index is 0.1000. The highest BCUT2D eigenvalue weighted by Crippen LogP contribution is 2.33. The van der Waals surface area contributed by atoms with Crippen LogP contribution in [-0.4, -0.2) is 223 Å². The molecule has 626 valence electrons. The number of carbonyl (C=O) groups is 14. The van der Waals surface area contributed by atoms with Gasteiger partial charge in [-0.15, -0.1) is 0 Å². The zero-order valence-electron chi connectivity index (χ0n) is 66.3. The molecular weight excluding hydrogens is 1510 g/mol. The highest BCUT2D eigenvalue weighted by Gasteiger charge is 2.44. The molecule has 0 saturated carbocycles. The molecule has 32 heteroatoms. The van der Waals surface area contributed by atoms with E-state index >= 15 is 28.8 Å². The van der Waals surface area contributed by atoms with Crippen LogP contribution in [0.5, 0.6) is 11.5 Å². The van der Waals surface area contributed by atoms with Crippen molar-refractivity contribution < 1.29 is 92.7 Å². The first-order valence-corrected chi connectivity index (χ1v) is 39.8. The number of amides is 11. The van der Waals surface area contributed by atoms with Gasteiger partial charge >= 0.3 is 0 Å². The van der Waals surface area contributed by atoms with Gasteiger partial charge in [-0.2, -0.15) is 0 Å². The molecule has 2 saturated heterocycles. The molecule has 0 unspecified atom stereocenters. The van der Waals surface area contributed by atoms with E-state index in [4.69, 9.17) is 5.73 Å². The number of hydrogen-bond donors (Lipinski definition) is 15. The van der Waals surface area contributed by atoms with Crippen LogP contribution in [-0.2, 0) is 92.8 Å². The van der Waals surface area contributed by atoms with Crippen molar-refractivity contribution in [1.29, 1.82) is 0 Å². The van der Waals surface area contributed by atoms with E-state index in [0.29, 0.717) is 66.1 Å². The van der Waals surface area contributed by atoms with Crippen LogP contribution in [0.15, 0.2) is 126 Å². The van der Waals surface area contributed by atoms with Gasteiger partial charge in [0.25, 0.3) is 11.8 Å². The fraction of sp³-hybridized carbons (Fsp3) is 0.471. The summed E-state index contributed by atoms with van der Waals surface area (Å²) in [4.78, 5) is 219. The number of aromatic nitrogens is 1. The van der Waals surface area contributed by atoms with Crippen molar-refractivity contribution in [3.05, 3.63) is 149 Å². The first-order chi connectivity index (χ1) is 56.0. The zero-order chi connectivity index (χ0) is 84.7. The number of benzene rings is 4. The van der Waals surface area contributed by atoms with Crippen LogP contribution >= 0.6 is 0 Å². The van der Waals surface area contributed by atoms with E-state index < -0.39 is 212 Å². The number of carbonyl (C=O) groups excluding carboxylic acids is 14. The molecule has 32 nitrogen and oxygen atoms in total. The number of ketones is 3. The summed E-state index contributed by atoms with van der Waals surface area (Å²) in [7, 11) is 1.16. The average Bonchev–Trinajstić information content (AvgIpc) is 1.68. The Morgan fingerprint density at radius 2 is 1.16 bits per heavy atom. The molecule has 1 aromatic heterocycles. The van der Waals surface area contributed by atoms with Crippen LogP contribution < -0.4 is 48.3 Å². The number of aromatic hydroxyl groups is 2. The van der Waals surface area contributed by atoms with Crippen LogP contribution in [0.1, 0.15) is 133 Å². The Morgan fingerprint density at radius 3 is 1.79 bits per heavy atom. The largest absolute Gasteiger partial charge is 0.508 e. The predicted molar refractivity (Wildman–Crippen MR) is 430 cm³/mol. The van der Waals surface area contributed by atoms with Crippen LogP contribution in [0.3, 0.4) is 0 Å². The second-order valence-corrected chi connectivity index (χ2v) is 30.6. The highest BCUT2D eigenvalue weighted by molar-refractivity contribution is 6.11. The lowest BCUT2D eigenvalue weighted by Gasteiger charge is -2.32. The maximum absolute atomic E-state index is 15.5. The van der Waals surface area contributed by atoms with Gasteiger partial charge in [-0.3, -0.25) is 77.4 Å². The molecule has 3 aliphatic heterocycles. The molecule has 2 fully saturated rings. The minimum Gasteiger partial charge on any atom is -0.508 e. The molecule has 4 aliphatic rings. The van der Waals surface area contributed by atoms with E-state index in [-0.39, 0.29) is 74.5 Å². The van der Waals surface area contributed by atoms with Crippen molar-refractivity contribution >= 4 is 105 Å². The van der Waals surface area contributed by atoms with Gasteiger partial charge < -0.3 is 83.3 Å². The molecule has 16 N–H and O–H groups in total. The zero-order valence-corrected chi connectivity index (χ0v) is 66.3. The molecule has 1 aliphatic carbocycles. The number of H-pyrrole nitrogens is 1. The monoisotopic (exact) mass is 1610 g/mol. The van der Waals surface area contributed by atoms with E-state index in [0.717, 1.165) is 30.0 Å². The Hall–Kier alpha value is -11.6. The second-order valence-electron chi connectivity index (χ2n) is 30.6. The van der Waals surface area contributed by atoms with Crippen molar-refractivity contribution in [3.8, 4) is 11.5 Å². The number of aliphatic imine (C=N–C) groups is 1. The molecule has 5 aromatic rings. The maximum Gasteiger partial charge on any atom is 0.255 e. The first kappa shape index (κ1) is 89.3. The number of unbranched alkanes of at least 4 members (excludes halogenated alkanes) is 1. The normalized spacial score (nSPS) is 25.2. The summed E-state index contributed by atoms with van der Waals surface area (Å²) in [6.07, 6.45) is 4.65. The third kappa shape index (κ3) is 24.0. The SMILES string of the molecule is CC[C@H](C)[C@@H]1CC(=O)[C@H](CCCCN)CC(=O)[C@H](Cc2ccc(O)cc2)CC(=O)[C@H](Cc2c[nH]c3ccccc23)NC(=O)[C@H](CO)NC(=O)[C@@H](CO)NC(=O)[C@H](CC2=CCC=N2)C(=O)NC(=O)[C@H](Cc2ccc(O)cc2)NC(=O)[C@H]([C@@H](C)O)NC(=O)[C@@H](C)N(C)C(=O)[C@@H](C(=O)N2CCCC2)NC(=O)[C@H](CC2=CCc3ccccc32)NC1=O. The number of fused-ring (bicyclic) bond motifs is 2. The predicted octanol–water partition coefficient (Wildman–Crippen LogP) is 1.79. The number of allylic oxidation sites excluding steroid dienone is 3. The standard InChI is InChI=1S/C85H107N13O19/c1-6-47(2)62-43-71(105)54(17-11-12-32-86)40-70(104)55(36-50-22-28-58(102)29-23-50)41-72(106)65(39-56-44-88-64-21-10-9-20-61(56)64)89-81(113)69(46-100)93-82(114)68(45-99)92-77(109)63(42-57-18-15-33-87-57)78(110)96-80(112)66(37-51-24-30-59(103)31-25-51)91-83(115)73(49(4)101)94-75(107)48(3)97(5)84(116)74(85(117)98-34-13-14-35-98)95-79(111)67(90-76(62)108)38-53-27-26-52-16-7-8-19-60(52)53/h7-10,16,18-25,27-31,33,44,47-49,54-55,62-63,65-69,73-74,88,99-103H,6,11-15,17,26,32,34-43,45-46,86H2,1-5H3,(H,89,113)(H,90,108)(H,91,115)(H,92,109)(H,93,114)(H,94,107)(H,95,111)(H,96,110,112)/t47-,48+,49+,54+,55+,62-,63-,65-,66-,67-,68+,69-,73-,74-/m0/s1. The number of rotatable bonds is 20. The number of likely N-dealkylation sites (tertiary alicyclic amines) is 1. The number of imide groups is 1. The summed E-state index contributed by atoms with van der Waals surface area (Å²) in [6.45, 7) is 4.14. The Kier molecular flexibility index (Phi) is 32.3. The fourth-order valence-corrected chi connectivity index (χ4v) is 14.9. The number of nitrogens with zero attached hydrogens (tertiary/aromatic N) is 3. The third-order valence-corrected chi connectivity index (χ3v) is 22.3. The molecule has 11 amide bonds. The van der Waals surface area contributed by atoms with E-state index in [9.17, 15) is 63.9 Å². The maximum atomic E-state index is 15.5. The van der Waals surface area contributed by atoms with Gasteiger partial charge in [0.05, 0.1) is 25.4 Å². The molecular formula is C85H107N13O19. The molecule has 4 aromatic carbocycles. The molecule has 4 heterocycles. The van der Waals surface area contributed by atoms with Gasteiger partial charge in [-0.05, 0) is 129 Å². The molecule has 0 spiro atoms. The molecule has 0 bridgehead atoms. The lowest BCUT2D eigenvalue weighted by molar-refractivity contribution is -0.149. The quantitative estimate of drug-likeness (QED) is 0.0300. The summed E-state index contributed by atoms with van der Waals surface area (Å²) >= 11 is 0. The van der Waals surface area contributed by atoms with Gasteiger partial charge in [-0.1, -0.05) is 106 Å². The average molecular weight is 1610 g/mol. The van der Waals surface area contributed by atoms with Gasteiger partial charge in [0.15, 0.2) is 11.8 Å². The smallest absolute Gasteiger partial charge is 0.255 e. The summed E-state index contributed by atoms with van der Waals surface area (Å²) in [6, 6.07) is 11.1. The number of para-hydroxylation sites is 1. The van der Waals surface area contributed by atoms with Gasteiger partial charge in [-0.25, -0.2) is 0 Å². The first-order valence-electron chi connectivity index (χ1n) is 39.8. The van der Waals surface area contributed by atoms with Crippen LogP contribution in [0.2, 0.25) is 0 Å². The number of phenolic OH excluding ortho intramolecular Hbond substituents is 2. The molecule has 9 rings (SSSR count). The number of Topliss-reactive ketones (excluding diaryl/α,β-unsaturated/α-hetero) is 3. The van der Waals surface area contributed by atoms with Crippen LogP contribution in [0.25, 0.3) is 16.5 Å². The van der Waals surface area contributed by atoms with Crippen LogP contribution in [0.4, 0.5) is 0 Å². The van der Waals surface area contributed by atoms with Crippen LogP contribution in [0, 0.1) is 29.6 Å². The topological polar surface area (TPSA) is 497 Å². The lowest BCUT2D eigenvalue weighted by Crippen LogP contribution is -2.63. The van der Waals surface area contributed by atoms with E-state index in [2.05, 4.69) is 52.5 Å². The highest BCUT2D eigenvalue weighted by atomic mass is 16.3. The van der Waals surface area contributed by atoms with Crippen molar-refractivity contribution in [2.75, 3.05) is 39.9 Å². The van der Waals surface area contributed by atoms with Gasteiger partial charge in [0.1, 0.15) is 65.2 Å². The van der Waals surface area contributed by atoms with Gasteiger partial charge in [0.2, 0.25) is 53.2 Å². The molecule has 0 radical (unpaired) electrons. The van der Waals surface area contributed by atoms with E-state index in [1.165, 1.54) is 54.4 Å². The Morgan fingerprint density at radius 1 is 0.581 bits per heavy atom. The second kappa shape index (κ2) is 42.3. The molecule has 117 heavy (non-hydrogen) atoms. The molecule has 14 atom stereocenters. The van der Waals surface area contributed by atoms with E-state index in [1.807, 2.05) is 24.3 Å². The van der Waals surface area contributed by atoms with Crippen molar-refractivity contribution in [2.24, 2.45) is 40.3 Å². The summed E-state index contributed by atoms with van der Waals surface area (Å²) in [5.74, 6) is -20.6. The number of phenols is 2. The number of hydrogen-bond acceptors (Lipinski definition) is 21. The number of nitrogens with one attached hydrogen (secondary N) is 9. The minimum atomic E-state index is -2.06. The number of nitrogens with two attached hydrogens (primary N) is 1. The van der Waals surface area contributed by atoms with Crippen molar-refractivity contribution in [2.45, 2.75) is 185 Å². The van der Waals surface area contributed by atoms with Gasteiger partial charge in [0, 0.05) is 118 Å². The number of aliphatic hydroxyl groups excluding tert-OH is 3. The summed E-state index contributed by atoms with van der Waals surface area (Å²) < 4.78 is 0. The number of aliphatic hydroxyl groups is 3. The Labute approximate surface area is 677 Å². The van der Waals surface area contributed by atoms with Crippen molar-refractivity contribution in [1.82, 2.24) is 57.3 Å². The Bertz CT molecular complexity index is 4550. The Balaban J connectivity index is 1.12. The summed E-state index contributed by atoms with van der Waals surface area (Å²) in [5.41, 5.74) is 10.4. The summed E-state index contributed by atoms with van der Waals surface area (Å²) in [5, 5.41) is 73.8. The van der Waals surface area contributed by atoms with E-state index in [1.54, 1.807) is 68.6 Å². The fourth-order valence-electron chi connectivity index (χ4n) is 14.9. The number of likely N-dealkylation sites (N-methyl/N-ethyl adjacent to an activating group) is 1. The van der Waals surface area contributed by atoms with Crippen molar-refractivity contribution in [3.63, 3.8) is 0 Å². The lowest BCUT2D eigenvalue weighted by atomic mass is 9.79.